The molecule has 0 amide bonds. The normalized spacial score (nSPS) is 13.0. The van der Waals surface area contributed by atoms with Crippen LogP contribution in [0.2, 0.25) is 0 Å². The van der Waals surface area contributed by atoms with Gasteiger partial charge in [-0.2, -0.15) is 0 Å². The number of sulfonamides is 2. The van der Waals surface area contributed by atoms with Gasteiger partial charge < -0.3 is 20.6 Å². The van der Waals surface area contributed by atoms with Crippen molar-refractivity contribution < 1.29 is 32.2 Å². The van der Waals surface area contributed by atoms with E-state index in [9.17, 15) is 27.0 Å². The van der Waals surface area contributed by atoms with Crippen LogP contribution in [-0.2, 0) is 20.0 Å². The van der Waals surface area contributed by atoms with Gasteiger partial charge in [0.1, 0.15) is 5.75 Å². The van der Waals surface area contributed by atoms with Gasteiger partial charge in [-0.15, -0.1) is 0 Å². The number of phenolic OH excluding ortho intramolecular Hbond substituents is 1. The number of aliphatic hydroxyl groups is 2. The quantitative estimate of drug-likeness (QED) is 0.309. The number of phenols is 1. The number of hydrogen-bond donors (Lipinski definition) is 6. The highest BCUT2D eigenvalue weighted by Crippen LogP contribution is 2.28. The molecule has 0 aliphatic carbocycles. The van der Waals surface area contributed by atoms with Crippen LogP contribution in [0.3, 0.4) is 0 Å². The molecule has 2 aromatic carbocycles. The fraction of sp³-hybridized carbons (Fsp3) is 0.250. The summed E-state index contributed by atoms with van der Waals surface area (Å²) in [6, 6.07) is 9.23. The first-order valence-electron chi connectivity index (χ1n) is 7.96. The summed E-state index contributed by atoms with van der Waals surface area (Å²) in [5.41, 5.74) is 0.378. The summed E-state index contributed by atoms with van der Waals surface area (Å²) in [6.07, 6.45) is -0.106. The van der Waals surface area contributed by atoms with Crippen LogP contribution < -0.4 is 14.8 Å². The van der Waals surface area contributed by atoms with Crippen LogP contribution in [0.15, 0.2) is 47.4 Å². The molecule has 2 rings (SSSR count). The molecule has 0 saturated carbocycles. The SMILES string of the molecule is CS(=O)(=O)Nc1cccc(NS(=O)(=O)c2ccc(O)c(NCC(O)CO)c2)c1. The van der Waals surface area contributed by atoms with Crippen molar-refractivity contribution in [3.05, 3.63) is 42.5 Å². The summed E-state index contributed by atoms with van der Waals surface area (Å²) in [5, 5.41) is 30.7. The number of nitrogens with one attached hydrogen (secondary N) is 3. The summed E-state index contributed by atoms with van der Waals surface area (Å²) in [4.78, 5) is -0.173. The fourth-order valence-electron chi connectivity index (χ4n) is 2.19. The Morgan fingerprint density at radius 1 is 1.00 bits per heavy atom. The van der Waals surface area contributed by atoms with Gasteiger partial charge in [0.25, 0.3) is 10.0 Å². The van der Waals surface area contributed by atoms with Gasteiger partial charge in [0.2, 0.25) is 10.0 Å². The van der Waals surface area contributed by atoms with Crippen molar-refractivity contribution in [2.24, 2.45) is 0 Å². The molecule has 1 unspecified atom stereocenters. The molecule has 0 heterocycles. The van der Waals surface area contributed by atoms with E-state index in [-0.39, 0.29) is 34.3 Å². The number of aliphatic hydroxyl groups excluding tert-OH is 2. The molecule has 10 nitrogen and oxygen atoms in total. The van der Waals surface area contributed by atoms with E-state index in [4.69, 9.17) is 5.11 Å². The molecule has 154 valence electrons. The summed E-state index contributed by atoms with van der Waals surface area (Å²) in [5.74, 6) is -0.233. The molecular weight excluding hydrogens is 410 g/mol. The Kier molecular flexibility index (Phi) is 6.72. The maximum Gasteiger partial charge on any atom is 0.261 e. The van der Waals surface area contributed by atoms with E-state index in [0.29, 0.717) is 0 Å². The molecule has 6 N–H and O–H groups in total. The van der Waals surface area contributed by atoms with Crippen LogP contribution in [0.5, 0.6) is 5.75 Å². The van der Waals surface area contributed by atoms with Gasteiger partial charge in [0, 0.05) is 6.54 Å². The molecule has 0 aromatic heterocycles. The predicted octanol–water partition coefficient (Wildman–Crippen LogP) is 0.330. The van der Waals surface area contributed by atoms with Crippen molar-refractivity contribution in [2.45, 2.75) is 11.0 Å². The third-order valence-electron chi connectivity index (χ3n) is 3.44. The van der Waals surface area contributed by atoms with Gasteiger partial charge in [-0.3, -0.25) is 9.44 Å². The molecule has 28 heavy (non-hydrogen) atoms. The monoisotopic (exact) mass is 431 g/mol. The minimum atomic E-state index is -4.05. The van der Waals surface area contributed by atoms with Gasteiger partial charge in [0.15, 0.2) is 0 Å². The van der Waals surface area contributed by atoms with Crippen molar-refractivity contribution in [3.8, 4) is 5.75 Å². The highest BCUT2D eigenvalue weighted by atomic mass is 32.2. The largest absolute Gasteiger partial charge is 0.506 e. The zero-order valence-electron chi connectivity index (χ0n) is 14.8. The maximum atomic E-state index is 12.6. The minimum Gasteiger partial charge on any atom is -0.506 e. The second-order valence-electron chi connectivity index (χ2n) is 5.96. The second kappa shape index (κ2) is 8.65. The molecule has 0 saturated heterocycles. The summed E-state index contributed by atoms with van der Waals surface area (Å²) in [7, 11) is -7.56. The Morgan fingerprint density at radius 3 is 2.25 bits per heavy atom. The van der Waals surface area contributed by atoms with Crippen LogP contribution in [0.1, 0.15) is 0 Å². The molecule has 12 heteroatoms. The van der Waals surface area contributed by atoms with Gasteiger partial charge in [0.05, 0.1) is 40.9 Å². The van der Waals surface area contributed by atoms with Crippen LogP contribution in [0.4, 0.5) is 17.1 Å². The standard InChI is InChI=1S/C16H21N3O7S2/c1-27(23,24)18-11-3-2-4-12(7-11)19-28(25,26)14-5-6-16(22)15(8-14)17-9-13(21)10-20/h2-8,13,17-22H,9-10H2,1H3. The lowest BCUT2D eigenvalue weighted by Gasteiger charge is -2.14. The van der Waals surface area contributed by atoms with Crippen molar-refractivity contribution in [1.82, 2.24) is 0 Å². The topological polar surface area (TPSA) is 165 Å². The lowest BCUT2D eigenvalue weighted by atomic mass is 10.2. The third-order valence-corrected chi connectivity index (χ3v) is 5.42. The van der Waals surface area contributed by atoms with Crippen LogP contribution in [-0.4, -0.2) is 57.7 Å². The first kappa shape index (κ1) is 21.8. The Balaban J connectivity index is 2.24. The maximum absolute atomic E-state index is 12.6. The van der Waals surface area contributed by atoms with E-state index in [0.717, 1.165) is 6.26 Å². The molecule has 0 bridgehead atoms. The van der Waals surface area contributed by atoms with Gasteiger partial charge in [-0.25, -0.2) is 16.8 Å². The summed E-state index contributed by atoms with van der Waals surface area (Å²) >= 11 is 0. The number of aromatic hydroxyl groups is 1. The first-order valence-corrected chi connectivity index (χ1v) is 11.3. The number of rotatable bonds is 9. The van der Waals surface area contributed by atoms with Crippen LogP contribution >= 0.6 is 0 Å². The van der Waals surface area contributed by atoms with Crippen molar-refractivity contribution in [1.29, 1.82) is 0 Å². The Labute approximate surface area is 163 Å². The highest BCUT2D eigenvalue weighted by molar-refractivity contribution is 7.92. The minimum absolute atomic E-state index is 0.0582. The zero-order chi connectivity index (χ0) is 20.9. The summed E-state index contributed by atoms with van der Waals surface area (Å²) in [6.45, 7) is -0.592. The van der Waals surface area contributed by atoms with E-state index < -0.39 is 32.8 Å². The van der Waals surface area contributed by atoms with E-state index in [1.807, 2.05) is 0 Å². The van der Waals surface area contributed by atoms with E-state index in [2.05, 4.69) is 14.8 Å². The Bertz CT molecular complexity index is 1040. The molecule has 0 spiro atoms. The number of benzene rings is 2. The average molecular weight is 431 g/mol. The molecule has 0 radical (unpaired) electrons. The smallest absolute Gasteiger partial charge is 0.261 e. The molecule has 0 fully saturated rings. The molecular formula is C16H21N3O7S2. The van der Waals surface area contributed by atoms with Crippen molar-refractivity contribution in [3.63, 3.8) is 0 Å². The molecule has 0 aliphatic rings. The van der Waals surface area contributed by atoms with Gasteiger partial charge in [-0.1, -0.05) is 6.07 Å². The Hall–Kier alpha value is -2.54. The molecule has 1 atom stereocenters. The predicted molar refractivity (Wildman–Crippen MR) is 105 cm³/mol. The third kappa shape index (κ3) is 6.27. The van der Waals surface area contributed by atoms with Crippen molar-refractivity contribution in [2.75, 3.05) is 34.2 Å². The fourth-order valence-corrected chi connectivity index (χ4v) is 3.82. The van der Waals surface area contributed by atoms with E-state index in [1.54, 1.807) is 0 Å². The number of hydrogen-bond acceptors (Lipinski definition) is 8. The average Bonchev–Trinajstić information content (AvgIpc) is 2.59. The van der Waals surface area contributed by atoms with Crippen LogP contribution in [0, 0.1) is 0 Å². The lowest BCUT2D eigenvalue weighted by Crippen LogP contribution is -2.23. The van der Waals surface area contributed by atoms with Gasteiger partial charge >= 0.3 is 0 Å². The highest BCUT2D eigenvalue weighted by Gasteiger charge is 2.17. The van der Waals surface area contributed by atoms with Gasteiger partial charge in [-0.05, 0) is 36.4 Å². The van der Waals surface area contributed by atoms with E-state index in [1.165, 1.54) is 42.5 Å². The summed E-state index contributed by atoms with van der Waals surface area (Å²) < 4.78 is 52.4. The molecule has 0 aliphatic heterocycles. The first-order chi connectivity index (χ1) is 13.0. The molecule has 2 aromatic rings. The van der Waals surface area contributed by atoms with Crippen LogP contribution in [0.25, 0.3) is 0 Å². The van der Waals surface area contributed by atoms with E-state index >= 15 is 0 Å². The Morgan fingerprint density at radius 2 is 1.64 bits per heavy atom. The second-order valence-corrected chi connectivity index (χ2v) is 9.39. The number of anilines is 3. The zero-order valence-corrected chi connectivity index (χ0v) is 16.5. The lowest BCUT2D eigenvalue weighted by molar-refractivity contribution is 0.105. The van der Waals surface area contributed by atoms with Crippen molar-refractivity contribution >= 4 is 37.1 Å².